The van der Waals surface area contributed by atoms with Crippen molar-refractivity contribution in [2.75, 3.05) is 7.11 Å². The number of rotatable bonds is 5. The highest BCUT2D eigenvalue weighted by Crippen LogP contribution is 2.30. The Morgan fingerprint density at radius 1 is 0.929 bits per heavy atom. The first kappa shape index (κ1) is 17.8. The first-order chi connectivity index (χ1) is 13.7. The van der Waals surface area contributed by atoms with Crippen molar-refractivity contribution in [1.82, 2.24) is 9.55 Å². The molecule has 0 aliphatic carbocycles. The molecule has 1 N–H and O–H groups in total. The van der Waals surface area contributed by atoms with Gasteiger partial charge in [-0.05, 0) is 42.3 Å². The molecule has 0 fully saturated rings. The summed E-state index contributed by atoms with van der Waals surface area (Å²) in [5.74, 6) is 1.21. The molecule has 3 aromatic carbocycles. The lowest BCUT2D eigenvalue weighted by Gasteiger charge is -2.14. The number of hydrogen-bond donors (Lipinski definition) is 1. The quantitative estimate of drug-likeness (QED) is 0.577. The van der Waals surface area contributed by atoms with Gasteiger partial charge in [-0.1, -0.05) is 42.5 Å². The Kier molecular flexibility index (Phi) is 4.81. The molecule has 28 heavy (non-hydrogen) atoms. The maximum Gasteiger partial charge on any atom is 0.265 e. The Morgan fingerprint density at radius 2 is 1.68 bits per heavy atom. The van der Waals surface area contributed by atoms with Crippen LogP contribution in [0.3, 0.4) is 0 Å². The minimum Gasteiger partial charge on any atom is -0.504 e. The highest BCUT2D eigenvalue weighted by molar-refractivity contribution is 5.77. The van der Waals surface area contributed by atoms with E-state index in [1.165, 1.54) is 7.11 Å². The lowest BCUT2D eigenvalue weighted by Crippen LogP contribution is -2.24. The molecule has 0 atom stereocenters. The van der Waals surface area contributed by atoms with Crippen LogP contribution in [0.5, 0.6) is 11.5 Å². The summed E-state index contributed by atoms with van der Waals surface area (Å²) in [6.45, 7) is 0. The summed E-state index contributed by atoms with van der Waals surface area (Å²) < 4.78 is 6.84. The number of aryl methyl sites for hydroxylation is 2. The number of methoxy groups -OCH3 is 1. The van der Waals surface area contributed by atoms with E-state index in [0.29, 0.717) is 35.3 Å². The fraction of sp³-hybridized carbons (Fsp3) is 0.130. The Bertz CT molecular complexity index is 1180. The van der Waals surface area contributed by atoms with Crippen LogP contribution in [0.25, 0.3) is 16.6 Å². The monoisotopic (exact) mass is 372 g/mol. The third-order valence-electron chi connectivity index (χ3n) is 4.78. The van der Waals surface area contributed by atoms with E-state index < -0.39 is 0 Å². The van der Waals surface area contributed by atoms with Gasteiger partial charge >= 0.3 is 0 Å². The highest BCUT2D eigenvalue weighted by atomic mass is 16.5. The second-order valence-electron chi connectivity index (χ2n) is 6.49. The van der Waals surface area contributed by atoms with E-state index in [1.54, 1.807) is 16.7 Å². The van der Waals surface area contributed by atoms with Crippen molar-refractivity contribution in [3.8, 4) is 17.2 Å². The summed E-state index contributed by atoms with van der Waals surface area (Å²) in [5, 5.41) is 10.9. The van der Waals surface area contributed by atoms with Gasteiger partial charge in [0.2, 0.25) is 0 Å². The average molecular weight is 372 g/mol. The van der Waals surface area contributed by atoms with Crippen LogP contribution in [-0.2, 0) is 12.8 Å². The molecule has 0 radical (unpaired) electrons. The highest BCUT2D eigenvalue weighted by Gasteiger charge is 2.14. The number of hydrogen-bond acceptors (Lipinski definition) is 4. The van der Waals surface area contributed by atoms with E-state index >= 15 is 0 Å². The average Bonchev–Trinajstić information content (AvgIpc) is 2.74. The van der Waals surface area contributed by atoms with Crippen molar-refractivity contribution in [1.29, 1.82) is 0 Å². The van der Waals surface area contributed by atoms with Gasteiger partial charge in [0.25, 0.3) is 5.56 Å². The maximum absolute atomic E-state index is 13.2. The van der Waals surface area contributed by atoms with Gasteiger partial charge in [-0.2, -0.15) is 0 Å². The maximum atomic E-state index is 13.2. The number of aromatic hydroxyl groups is 1. The van der Waals surface area contributed by atoms with Crippen LogP contribution in [0.15, 0.2) is 77.6 Å². The summed E-state index contributed by atoms with van der Waals surface area (Å²) in [6, 6.07) is 22.3. The molecule has 4 aromatic rings. The number of fused-ring (bicyclic) bond motifs is 1. The Hall–Kier alpha value is -3.60. The van der Waals surface area contributed by atoms with Gasteiger partial charge in [0, 0.05) is 6.42 Å². The van der Waals surface area contributed by atoms with Crippen molar-refractivity contribution in [3.05, 3.63) is 94.5 Å². The minimum absolute atomic E-state index is 0.0957. The minimum atomic E-state index is -0.0957. The van der Waals surface area contributed by atoms with E-state index in [2.05, 4.69) is 0 Å². The Balaban J connectivity index is 1.81. The molecule has 0 aliphatic rings. The number of phenolic OH excluding ortho intramolecular Hbond substituents is 1. The van der Waals surface area contributed by atoms with Crippen LogP contribution >= 0.6 is 0 Å². The van der Waals surface area contributed by atoms with E-state index in [1.807, 2.05) is 60.7 Å². The third-order valence-corrected chi connectivity index (χ3v) is 4.78. The molecule has 4 rings (SSSR count). The largest absolute Gasteiger partial charge is 0.504 e. The SMILES string of the molecule is COc1cccc(CCc2nc3ccccc3c(=O)n2-c2ccccc2)c1O. The molecule has 0 bridgehead atoms. The Morgan fingerprint density at radius 3 is 2.46 bits per heavy atom. The van der Waals surface area contributed by atoms with Crippen molar-refractivity contribution in [3.63, 3.8) is 0 Å². The molecule has 1 aromatic heterocycles. The second kappa shape index (κ2) is 7.56. The number of phenols is 1. The van der Waals surface area contributed by atoms with Crippen LogP contribution < -0.4 is 10.3 Å². The van der Waals surface area contributed by atoms with Crippen molar-refractivity contribution in [2.45, 2.75) is 12.8 Å². The molecule has 0 amide bonds. The first-order valence-corrected chi connectivity index (χ1v) is 9.10. The summed E-state index contributed by atoms with van der Waals surface area (Å²) >= 11 is 0. The molecule has 1 heterocycles. The normalized spacial score (nSPS) is 10.9. The number of ether oxygens (including phenoxy) is 1. The number of nitrogens with zero attached hydrogens (tertiary/aromatic N) is 2. The predicted octanol–water partition coefficient (Wildman–Crippen LogP) is 3.89. The number of para-hydroxylation sites is 3. The molecular weight excluding hydrogens is 352 g/mol. The zero-order chi connectivity index (χ0) is 19.5. The standard InChI is InChI=1S/C23H20N2O3/c1-28-20-13-7-8-16(22(20)26)14-15-21-24-19-12-6-5-11-18(19)23(27)25(21)17-9-3-2-4-10-17/h2-13,26H,14-15H2,1H3. The van der Waals surface area contributed by atoms with Gasteiger partial charge in [0.15, 0.2) is 11.5 Å². The van der Waals surface area contributed by atoms with Crippen LogP contribution in [0.4, 0.5) is 0 Å². The van der Waals surface area contributed by atoms with Gasteiger partial charge in [-0.15, -0.1) is 0 Å². The van der Waals surface area contributed by atoms with Gasteiger partial charge in [-0.3, -0.25) is 9.36 Å². The first-order valence-electron chi connectivity index (χ1n) is 9.10. The van der Waals surface area contributed by atoms with E-state index in [0.717, 1.165) is 11.3 Å². The fourth-order valence-corrected chi connectivity index (χ4v) is 3.37. The molecule has 5 heteroatoms. The van der Waals surface area contributed by atoms with E-state index in [9.17, 15) is 9.90 Å². The van der Waals surface area contributed by atoms with Crippen LogP contribution in [0, 0.1) is 0 Å². The van der Waals surface area contributed by atoms with Crippen LogP contribution in [-0.4, -0.2) is 21.8 Å². The molecule has 0 saturated carbocycles. The van der Waals surface area contributed by atoms with Gasteiger partial charge in [-0.25, -0.2) is 4.98 Å². The molecule has 140 valence electrons. The van der Waals surface area contributed by atoms with Crippen molar-refractivity contribution in [2.24, 2.45) is 0 Å². The Labute approximate surface area is 162 Å². The smallest absolute Gasteiger partial charge is 0.265 e. The summed E-state index contributed by atoms with van der Waals surface area (Å²) in [4.78, 5) is 17.9. The lowest BCUT2D eigenvalue weighted by atomic mass is 10.1. The predicted molar refractivity (Wildman–Crippen MR) is 109 cm³/mol. The van der Waals surface area contributed by atoms with Crippen LogP contribution in [0.2, 0.25) is 0 Å². The molecule has 0 unspecified atom stereocenters. The third kappa shape index (κ3) is 3.22. The fourth-order valence-electron chi connectivity index (χ4n) is 3.37. The van der Waals surface area contributed by atoms with Gasteiger partial charge in [0.1, 0.15) is 5.82 Å². The zero-order valence-corrected chi connectivity index (χ0v) is 15.5. The van der Waals surface area contributed by atoms with E-state index in [-0.39, 0.29) is 11.3 Å². The topological polar surface area (TPSA) is 64.3 Å². The van der Waals surface area contributed by atoms with Gasteiger partial charge in [0.05, 0.1) is 23.7 Å². The van der Waals surface area contributed by atoms with E-state index in [4.69, 9.17) is 9.72 Å². The zero-order valence-electron chi connectivity index (χ0n) is 15.5. The summed E-state index contributed by atoms with van der Waals surface area (Å²) in [5.41, 5.74) is 2.10. The van der Waals surface area contributed by atoms with Crippen LogP contribution in [0.1, 0.15) is 11.4 Å². The molecule has 0 saturated heterocycles. The summed E-state index contributed by atoms with van der Waals surface area (Å²) in [6.07, 6.45) is 1.02. The van der Waals surface area contributed by atoms with Gasteiger partial charge < -0.3 is 9.84 Å². The molecular formula is C23H20N2O3. The molecule has 0 spiro atoms. The van der Waals surface area contributed by atoms with Crippen molar-refractivity contribution >= 4 is 10.9 Å². The number of benzene rings is 3. The molecule has 5 nitrogen and oxygen atoms in total. The second-order valence-corrected chi connectivity index (χ2v) is 6.49. The van der Waals surface area contributed by atoms with Crippen molar-refractivity contribution < 1.29 is 9.84 Å². The number of aromatic nitrogens is 2. The molecule has 0 aliphatic heterocycles. The lowest BCUT2D eigenvalue weighted by molar-refractivity contribution is 0.370. The summed E-state index contributed by atoms with van der Waals surface area (Å²) in [7, 11) is 1.52.